The number of likely N-dealkylation sites (N-methyl/N-ethyl adjacent to an activating group) is 1. The zero-order valence-corrected chi connectivity index (χ0v) is 13.4. The molecule has 5 nitrogen and oxygen atoms in total. The lowest BCUT2D eigenvalue weighted by molar-refractivity contribution is -0.119. The van der Waals surface area contributed by atoms with E-state index < -0.39 is 0 Å². The number of hydrogen-bond acceptors (Lipinski definition) is 3. The molecule has 1 atom stereocenters. The fourth-order valence-corrected chi connectivity index (χ4v) is 2.33. The van der Waals surface area contributed by atoms with Crippen LogP contribution in [0.2, 0.25) is 0 Å². The molecule has 1 aromatic rings. The molecule has 116 valence electrons. The van der Waals surface area contributed by atoms with Gasteiger partial charge in [-0.2, -0.15) is 0 Å². The number of nitrogens with one attached hydrogen (secondary N) is 2. The van der Waals surface area contributed by atoms with Crippen LogP contribution in [0.3, 0.4) is 0 Å². The third-order valence-electron chi connectivity index (χ3n) is 3.63. The van der Waals surface area contributed by atoms with E-state index in [4.69, 9.17) is 0 Å². The largest absolute Gasteiger partial charge is 0.341 e. The molecule has 0 bridgehead atoms. The van der Waals surface area contributed by atoms with Crippen LogP contribution in [0, 0.1) is 5.92 Å². The summed E-state index contributed by atoms with van der Waals surface area (Å²) in [6.45, 7) is 3.23. The summed E-state index contributed by atoms with van der Waals surface area (Å²) in [4.78, 5) is 25.8. The van der Waals surface area contributed by atoms with E-state index in [0.29, 0.717) is 17.8 Å². The van der Waals surface area contributed by atoms with E-state index in [9.17, 15) is 9.59 Å². The smallest absolute Gasteiger partial charge is 0.253 e. The third-order valence-corrected chi connectivity index (χ3v) is 3.63. The summed E-state index contributed by atoms with van der Waals surface area (Å²) < 4.78 is 0. The average molecular weight is 312 g/mol. The van der Waals surface area contributed by atoms with Crippen LogP contribution in [0.15, 0.2) is 18.2 Å². The van der Waals surface area contributed by atoms with E-state index in [0.717, 1.165) is 18.5 Å². The van der Waals surface area contributed by atoms with Gasteiger partial charge in [0.05, 0.1) is 0 Å². The minimum Gasteiger partial charge on any atom is -0.341 e. The Balaban J connectivity index is 0.00000220. The van der Waals surface area contributed by atoms with Crippen LogP contribution < -0.4 is 10.6 Å². The van der Waals surface area contributed by atoms with E-state index in [1.54, 1.807) is 18.0 Å². The molecular formula is C15H22ClN3O2. The Morgan fingerprint density at radius 2 is 2.14 bits per heavy atom. The predicted octanol–water partition coefficient (Wildman–Crippen LogP) is 1.53. The predicted molar refractivity (Wildman–Crippen MR) is 86.1 cm³/mol. The maximum atomic E-state index is 12.1. The van der Waals surface area contributed by atoms with Gasteiger partial charge in [0.15, 0.2) is 0 Å². The highest BCUT2D eigenvalue weighted by Gasteiger charge is 2.22. The van der Waals surface area contributed by atoms with Crippen LogP contribution in [0.5, 0.6) is 0 Å². The third kappa shape index (κ3) is 3.95. The first kappa shape index (κ1) is 17.5. The van der Waals surface area contributed by atoms with Crippen molar-refractivity contribution in [2.24, 2.45) is 5.92 Å². The topological polar surface area (TPSA) is 61.4 Å². The van der Waals surface area contributed by atoms with Gasteiger partial charge in [-0.1, -0.05) is 13.0 Å². The summed E-state index contributed by atoms with van der Waals surface area (Å²) in [6.07, 6.45) is 0.863. The van der Waals surface area contributed by atoms with Crippen molar-refractivity contribution in [1.29, 1.82) is 0 Å². The number of fused-ring (bicyclic) bond motifs is 1. The van der Waals surface area contributed by atoms with E-state index >= 15 is 0 Å². The zero-order valence-electron chi connectivity index (χ0n) is 12.6. The molecule has 0 aliphatic carbocycles. The normalized spacial score (nSPS) is 15.0. The first-order valence-corrected chi connectivity index (χ1v) is 6.86. The Hall–Kier alpha value is -1.59. The summed E-state index contributed by atoms with van der Waals surface area (Å²) in [5.41, 5.74) is 2.42. The van der Waals surface area contributed by atoms with Crippen molar-refractivity contribution in [1.82, 2.24) is 10.2 Å². The zero-order chi connectivity index (χ0) is 14.7. The van der Waals surface area contributed by atoms with Gasteiger partial charge in [-0.15, -0.1) is 12.4 Å². The molecule has 1 aliphatic rings. The number of halogens is 1. The first-order chi connectivity index (χ1) is 9.52. The average Bonchev–Trinajstić information content (AvgIpc) is 2.43. The van der Waals surface area contributed by atoms with Crippen molar-refractivity contribution >= 4 is 29.9 Å². The number of carbonyl (C=O) groups excluding carboxylic acids is 2. The molecule has 0 saturated carbocycles. The number of hydrogen-bond donors (Lipinski definition) is 2. The minimum atomic E-state index is -0.116. The SMILES string of the molecule is CNCC(C)C(=O)Nc1ccc2c(c1)C(=O)N(C)CC2.Cl. The molecule has 1 heterocycles. The number of rotatable bonds is 4. The lowest BCUT2D eigenvalue weighted by Gasteiger charge is -2.25. The van der Waals surface area contributed by atoms with E-state index in [1.807, 2.05) is 26.1 Å². The molecule has 0 aromatic heterocycles. The van der Waals surface area contributed by atoms with Crippen molar-refractivity contribution in [3.63, 3.8) is 0 Å². The second-order valence-electron chi connectivity index (χ2n) is 5.30. The molecule has 0 spiro atoms. The van der Waals surface area contributed by atoms with Gasteiger partial charge >= 0.3 is 0 Å². The fraction of sp³-hybridized carbons (Fsp3) is 0.467. The summed E-state index contributed by atoms with van der Waals surface area (Å²) in [5.74, 6) is -0.143. The lowest BCUT2D eigenvalue weighted by Crippen LogP contribution is -2.34. The number of nitrogens with zero attached hydrogens (tertiary/aromatic N) is 1. The minimum absolute atomic E-state index is 0. The van der Waals surface area contributed by atoms with Gasteiger partial charge in [-0.25, -0.2) is 0 Å². The number of benzene rings is 1. The Morgan fingerprint density at radius 3 is 2.81 bits per heavy atom. The molecule has 1 aromatic carbocycles. The molecule has 2 N–H and O–H groups in total. The molecule has 0 fully saturated rings. The van der Waals surface area contributed by atoms with Crippen molar-refractivity contribution in [2.45, 2.75) is 13.3 Å². The summed E-state index contributed by atoms with van der Waals surface area (Å²) >= 11 is 0. The highest BCUT2D eigenvalue weighted by molar-refractivity contribution is 5.99. The Morgan fingerprint density at radius 1 is 1.43 bits per heavy atom. The fourth-order valence-electron chi connectivity index (χ4n) is 2.33. The van der Waals surface area contributed by atoms with Crippen LogP contribution in [-0.2, 0) is 11.2 Å². The molecule has 2 rings (SSSR count). The van der Waals surface area contributed by atoms with Gasteiger partial charge in [-0.05, 0) is 31.2 Å². The highest BCUT2D eigenvalue weighted by Crippen LogP contribution is 2.22. The maximum absolute atomic E-state index is 12.1. The standard InChI is InChI=1S/C15H21N3O2.ClH/c1-10(9-16-2)14(19)17-12-5-4-11-6-7-18(3)15(20)13(11)8-12;/h4-5,8,10,16H,6-7,9H2,1-3H3,(H,17,19);1H. The summed E-state index contributed by atoms with van der Waals surface area (Å²) in [6, 6.07) is 5.57. The maximum Gasteiger partial charge on any atom is 0.253 e. The summed E-state index contributed by atoms with van der Waals surface area (Å²) in [7, 11) is 3.61. The molecule has 0 radical (unpaired) electrons. The molecule has 2 amide bonds. The van der Waals surface area contributed by atoms with Gasteiger partial charge in [0, 0.05) is 37.3 Å². The first-order valence-electron chi connectivity index (χ1n) is 6.86. The van der Waals surface area contributed by atoms with Crippen molar-refractivity contribution in [2.75, 3.05) is 32.5 Å². The number of amides is 2. The molecule has 1 aliphatic heterocycles. The van der Waals surface area contributed by atoms with Crippen molar-refractivity contribution in [3.8, 4) is 0 Å². The van der Waals surface area contributed by atoms with Gasteiger partial charge in [0.2, 0.25) is 5.91 Å². The molecule has 21 heavy (non-hydrogen) atoms. The van der Waals surface area contributed by atoms with Crippen LogP contribution >= 0.6 is 12.4 Å². The van der Waals surface area contributed by atoms with Crippen LogP contribution in [0.25, 0.3) is 0 Å². The highest BCUT2D eigenvalue weighted by atomic mass is 35.5. The molecule has 1 unspecified atom stereocenters. The Bertz CT molecular complexity index is 534. The number of carbonyl (C=O) groups is 2. The lowest BCUT2D eigenvalue weighted by atomic mass is 9.98. The van der Waals surface area contributed by atoms with Gasteiger partial charge in [0.1, 0.15) is 0 Å². The van der Waals surface area contributed by atoms with E-state index in [2.05, 4.69) is 10.6 Å². The van der Waals surface area contributed by atoms with Gasteiger partial charge < -0.3 is 15.5 Å². The molecule has 6 heteroatoms. The van der Waals surface area contributed by atoms with Crippen LogP contribution in [0.1, 0.15) is 22.8 Å². The van der Waals surface area contributed by atoms with Crippen molar-refractivity contribution < 1.29 is 9.59 Å². The van der Waals surface area contributed by atoms with Gasteiger partial charge in [-0.3, -0.25) is 9.59 Å². The monoisotopic (exact) mass is 311 g/mol. The van der Waals surface area contributed by atoms with Crippen LogP contribution in [-0.4, -0.2) is 43.9 Å². The van der Waals surface area contributed by atoms with E-state index in [1.165, 1.54) is 0 Å². The molecular weight excluding hydrogens is 290 g/mol. The van der Waals surface area contributed by atoms with Crippen LogP contribution in [0.4, 0.5) is 5.69 Å². The van der Waals surface area contributed by atoms with Crippen molar-refractivity contribution in [3.05, 3.63) is 29.3 Å². The molecule has 0 saturated heterocycles. The van der Waals surface area contributed by atoms with E-state index in [-0.39, 0.29) is 30.1 Å². The summed E-state index contributed by atoms with van der Waals surface area (Å²) in [5, 5.41) is 5.84. The Labute approximate surface area is 131 Å². The quantitative estimate of drug-likeness (QED) is 0.886. The van der Waals surface area contributed by atoms with Gasteiger partial charge in [0.25, 0.3) is 5.91 Å². The Kier molecular flexibility index (Phi) is 6.18. The second-order valence-corrected chi connectivity index (χ2v) is 5.30. The number of anilines is 1. The second kappa shape index (κ2) is 7.43.